The summed E-state index contributed by atoms with van der Waals surface area (Å²) in [5.41, 5.74) is 5.65. The van der Waals surface area contributed by atoms with Gasteiger partial charge in [-0.05, 0) is 47.5 Å². The molecule has 8 heteroatoms. The smallest absolute Gasteiger partial charge is 0.244 e. The molecule has 0 aliphatic heterocycles. The molecule has 0 bridgehead atoms. The predicted molar refractivity (Wildman–Crippen MR) is 81.6 cm³/mol. The van der Waals surface area contributed by atoms with Crippen LogP contribution in [0.4, 0.5) is 5.82 Å². The average molecular weight is 366 g/mol. The summed E-state index contributed by atoms with van der Waals surface area (Å²) in [7, 11) is -3.61. The van der Waals surface area contributed by atoms with Gasteiger partial charge < -0.3 is 5.73 Å². The third-order valence-electron chi connectivity index (χ3n) is 3.18. The molecule has 106 valence electrons. The van der Waals surface area contributed by atoms with Gasteiger partial charge in [0.1, 0.15) is 10.7 Å². The zero-order chi connectivity index (χ0) is 14.0. The fraction of sp³-hybridized carbons (Fsp3) is 0.545. The predicted octanol–water partition coefficient (Wildman–Crippen LogP) is 1.99. The number of nitrogens with two attached hydrogens (primary N) is 1. The Balaban J connectivity index is 2.17. The van der Waals surface area contributed by atoms with Gasteiger partial charge in [-0.25, -0.2) is 18.1 Å². The van der Waals surface area contributed by atoms with E-state index in [1.165, 1.54) is 12.3 Å². The van der Waals surface area contributed by atoms with Gasteiger partial charge >= 0.3 is 0 Å². The number of hydrogen-bond donors (Lipinski definition) is 2. The van der Waals surface area contributed by atoms with E-state index in [2.05, 4.69) is 31.9 Å². The Labute approximate surface area is 125 Å². The van der Waals surface area contributed by atoms with Crippen LogP contribution in [-0.4, -0.2) is 30.9 Å². The number of nitrogens with one attached hydrogen (secondary N) is 1. The molecule has 2 rings (SSSR count). The highest BCUT2D eigenvalue weighted by Crippen LogP contribution is 2.29. The van der Waals surface area contributed by atoms with Crippen LogP contribution in [0.25, 0.3) is 0 Å². The molecule has 1 aliphatic carbocycles. The van der Waals surface area contributed by atoms with Gasteiger partial charge in [-0.3, -0.25) is 0 Å². The highest BCUT2D eigenvalue weighted by atomic mass is 79.9. The normalized spacial score (nSPS) is 23.7. The van der Waals surface area contributed by atoms with Gasteiger partial charge in [-0.1, -0.05) is 0 Å². The molecule has 2 unspecified atom stereocenters. The molecule has 2 atom stereocenters. The molecule has 19 heavy (non-hydrogen) atoms. The molecule has 0 saturated heterocycles. The monoisotopic (exact) mass is 365 g/mol. The minimum absolute atomic E-state index is 0.0131. The first kappa shape index (κ1) is 15.1. The van der Waals surface area contributed by atoms with Crippen molar-refractivity contribution in [1.29, 1.82) is 0 Å². The maximum absolute atomic E-state index is 12.3. The second-order valence-electron chi connectivity index (χ2n) is 4.53. The lowest BCUT2D eigenvalue weighted by molar-refractivity contribution is 0.552. The number of rotatable bonds is 4. The van der Waals surface area contributed by atoms with Crippen LogP contribution in [0.15, 0.2) is 21.6 Å². The molecule has 0 amide bonds. The number of nitrogen functional groups attached to an aromatic ring is 1. The molecule has 1 aromatic rings. The summed E-state index contributed by atoms with van der Waals surface area (Å²) in [5.74, 6) is 0.0233. The number of thioether (sulfide) groups is 1. The molecule has 3 N–H and O–H groups in total. The second-order valence-corrected chi connectivity index (χ2v) is 8.26. The van der Waals surface area contributed by atoms with Crippen molar-refractivity contribution in [2.45, 2.75) is 35.4 Å². The number of anilines is 1. The Bertz CT molecular complexity index is 565. The number of pyridine rings is 1. The van der Waals surface area contributed by atoms with Crippen molar-refractivity contribution >= 4 is 43.5 Å². The Morgan fingerprint density at radius 1 is 1.53 bits per heavy atom. The highest BCUT2D eigenvalue weighted by Gasteiger charge is 2.29. The van der Waals surface area contributed by atoms with Gasteiger partial charge in [0.2, 0.25) is 10.0 Å². The van der Waals surface area contributed by atoms with Gasteiger partial charge in [-0.15, -0.1) is 0 Å². The van der Waals surface area contributed by atoms with Crippen LogP contribution < -0.4 is 10.5 Å². The van der Waals surface area contributed by atoms with Crippen LogP contribution in [0.1, 0.15) is 19.3 Å². The first-order valence-electron chi connectivity index (χ1n) is 5.88. The van der Waals surface area contributed by atoms with E-state index in [4.69, 9.17) is 5.73 Å². The van der Waals surface area contributed by atoms with Crippen molar-refractivity contribution in [3.05, 3.63) is 16.7 Å². The largest absolute Gasteiger partial charge is 0.383 e. The number of halogens is 1. The minimum atomic E-state index is -3.61. The lowest BCUT2D eigenvalue weighted by atomic mass is 10.3. The molecule has 1 aromatic heterocycles. The quantitative estimate of drug-likeness (QED) is 0.851. The Morgan fingerprint density at radius 2 is 2.26 bits per heavy atom. The molecular formula is C11H16BrN3O2S2. The summed E-state index contributed by atoms with van der Waals surface area (Å²) in [4.78, 5) is 3.89. The van der Waals surface area contributed by atoms with Crippen molar-refractivity contribution in [1.82, 2.24) is 9.71 Å². The van der Waals surface area contributed by atoms with Gasteiger partial charge in [0.05, 0.1) is 0 Å². The number of nitrogens with zero attached hydrogens (tertiary/aromatic N) is 1. The maximum atomic E-state index is 12.3. The van der Waals surface area contributed by atoms with Gasteiger partial charge in [0.15, 0.2) is 0 Å². The second kappa shape index (κ2) is 5.99. The van der Waals surface area contributed by atoms with Crippen molar-refractivity contribution in [3.63, 3.8) is 0 Å². The van der Waals surface area contributed by atoms with Gasteiger partial charge in [0.25, 0.3) is 0 Å². The lowest BCUT2D eigenvalue weighted by Crippen LogP contribution is -2.33. The summed E-state index contributed by atoms with van der Waals surface area (Å²) in [6.45, 7) is 0. The third-order valence-corrected chi connectivity index (χ3v) is 6.26. The van der Waals surface area contributed by atoms with Crippen LogP contribution in [0, 0.1) is 0 Å². The van der Waals surface area contributed by atoms with E-state index in [1.54, 1.807) is 11.8 Å². The van der Waals surface area contributed by atoms with E-state index in [1.807, 2.05) is 0 Å². The highest BCUT2D eigenvalue weighted by molar-refractivity contribution is 9.10. The minimum Gasteiger partial charge on any atom is -0.383 e. The fourth-order valence-corrected chi connectivity index (χ4v) is 4.86. The molecule has 0 spiro atoms. The van der Waals surface area contributed by atoms with Crippen LogP contribution in [0.3, 0.4) is 0 Å². The molecular weight excluding hydrogens is 350 g/mol. The van der Waals surface area contributed by atoms with E-state index in [-0.39, 0.29) is 16.8 Å². The molecule has 5 nitrogen and oxygen atoms in total. The van der Waals surface area contributed by atoms with Crippen molar-refractivity contribution in [2.75, 3.05) is 12.0 Å². The van der Waals surface area contributed by atoms with Gasteiger partial charge in [-0.2, -0.15) is 11.8 Å². The van der Waals surface area contributed by atoms with Crippen LogP contribution in [0.2, 0.25) is 0 Å². The summed E-state index contributed by atoms with van der Waals surface area (Å²) in [5, 5.41) is 0.533. The molecule has 0 radical (unpaired) electrons. The summed E-state index contributed by atoms with van der Waals surface area (Å²) in [6.07, 6.45) is 6.31. The molecule has 1 aliphatic rings. The summed E-state index contributed by atoms with van der Waals surface area (Å²) in [6, 6.07) is 1.46. The van der Waals surface area contributed by atoms with Gasteiger partial charge in [0, 0.05) is 22.0 Å². The standard InChI is InChI=1S/C11H16BrN3O2S2/c1-18-9-3-2-8(5-9)15-19(16,17)10-4-7(12)6-14-11(10)13/h4,6,8-9,15H,2-3,5H2,1H3,(H2,13,14). The van der Waals surface area contributed by atoms with Crippen LogP contribution in [-0.2, 0) is 10.0 Å². The summed E-state index contributed by atoms with van der Waals surface area (Å²) >= 11 is 4.99. The fourth-order valence-electron chi connectivity index (χ4n) is 2.19. The number of sulfonamides is 1. The average Bonchev–Trinajstić information content (AvgIpc) is 2.79. The van der Waals surface area contributed by atoms with E-state index < -0.39 is 10.0 Å². The van der Waals surface area contributed by atoms with E-state index in [0.717, 1.165) is 19.3 Å². The topological polar surface area (TPSA) is 85.1 Å². The first-order valence-corrected chi connectivity index (χ1v) is 9.45. The Kier molecular flexibility index (Phi) is 4.75. The number of hydrogen-bond acceptors (Lipinski definition) is 5. The first-order chi connectivity index (χ1) is 8.92. The van der Waals surface area contributed by atoms with Crippen molar-refractivity contribution < 1.29 is 8.42 Å². The van der Waals surface area contributed by atoms with Crippen molar-refractivity contribution in [3.8, 4) is 0 Å². The van der Waals surface area contributed by atoms with Crippen LogP contribution in [0.5, 0.6) is 0 Å². The third kappa shape index (κ3) is 3.62. The summed E-state index contributed by atoms with van der Waals surface area (Å²) < 4.78 is 27.9. The zero-order valence-corrected chi connectivity index (χ0v) is 13.7. The molecule has 1 heterocycles. The maximum Gasteiger partial charge on any atom is 0.244 e. The lowest BCUT2D eigenvalue weighted by Gasteiger charge is -2.14. The zero-order valence-electron chi connectivity index (χ0n) is 10.5. The Morgan fingerprint density at radius 3 is 2.89 bits per heavy atom. The molecule has 0 aromatic carbocycles. The SMILES string of the molecule is CSC1CCC(NS(=O)(=O)c2cc(Br)cnc2N)C1. The Hall–Kier alpha value is -0.310. The van der Waals surface area contributed by atoms with Crippen LogP contribution >= 0.6 is 27.7 Å². The van der Waals surface area contributed by atoms with E-state index >= 15 is 0 Å². The molecule has 1 saturated carbocycles. The number of aromatic nitrogens is 1. The molecule has 1 fully saturated rings. The van der Waals surface area contributed by atoms with E-state index in [0.29, 0.717) is 9.72 Å². The van der Waals surface area contributed by atoms with Crippen molar-refractivity contribution in [2.24, 2.45) is 0 Å². The van der Waals surface area contributed by atoms with E-state index in [9.17, 15) is 8.42 Å².